The van der Waals surface area contributed by atoms with E-state index in [4.69, 9.17) is 11.6 Å². The number of carbonyl (C=O) groups excluding carboxylic acids is 1. The van der Waals surface area contributed by atoms with Crippen LogP contribution in [0.2, 0.25) is 5.02 Å². The second-order valence-electron chi connectivity index (χ2n) is 5.98. The maximum absolute atomic E-state index is 12.5. The number of benzene rings is 1. The number of nitrogens with one attached hydrogen (secondary N) is 1. The highest BCUT2D eigenvalue weighted by Gasteiger charge is 2.18. The number of carbonyl (C=O) groups is 1. The third kappa shape index (κ3) is 3.73. The number of fused-ring (bicyclic) bond motifs is 1. The lowest BCUT2D eigenvalue weighted by atomic mass is 9.89. The summed E-state index contributed by atoms with van der Waals surface area (Å²) in [6, 6.07) is 6.41. The van der Waals surface area contributed by atoms with Crippen molar-refractivity contribution in [3.05, 3.63) is 51.8 Å². The number of aromatic nitrogens is 2. The van der Waals surface area contributed by atoms with Gasteiger partial charge in [-0.3, -0.25) is 4.79 Å². The molecule has 0 radical (unpaired) electrons. The van der Waals surface area contributed by atoms with E-state index in [2.05, 4.69) is 33.5 Å². The van der Waals surface area contributed by atoms with Gasteiger partial charge in [-0.2, -0.15) is 0 Å². The van der Waals surface area contributed by atoms with Crippen LogP contribution in [0.5, 0.6) is 0 Å². The van der Waals surface area contributed by atoms with Crippen molar-refractivity contribution in [3.63, 3.8) is 0 Å². The zero-order valence-electron chi connectivity index (χ0n) is 13.8. The lowest BCUT2D eigenvalue weighted by Crippen LogP contribution is -2.28. The van der Waals surface area contributed by atoms with Gasteiger partial charge in [0.25, 0.3) is 5.91 Å². The third-order valence-corrected chi connectivity index (χ3v) is 5.18. The van der Waals surface area contributed by atoms with Crippen molar-refractivity contribution in [3.8, 4) is 0 Å². The van der Waals surface area contributed by atoms with Crippen LogP contribution in [-0.2, 0) is 12.8 Å². The topological polar surface area (TPSA) is 54.9 Å². The number of rotatable bonds is 4. The summed E-state index contributed by atoms with van der Waals surface area (Å²) in [5.74, 6) is -0.275. The first kappa shape index (κ1) is 17.2. The van der Waals surface area contributed by atoms with Crippen LogP contribution in [0.3, 0.4) is 0 Å². The van der Waals surface area contributed by atoms with Gasteiger partial charge in [-0.15, -0.1) is 0 Å². The molecule has 24 heavy (non-hydrogen) atoms. The molecule has 1 atom stereocenters. The zero-order chi connectivity index (χ0) is 17.1. The van der Waals surface area contributed by atoms with Crippen LogP contribution in [0.1, 0.15) is 53.0 Å². The van der Waals surface area contributed by atoms with Crippen LogP contribution in [0, 0.1) is 0 Å². The summed E-state index contributed by atoms with van der Waals surface area (Å²) >= 11 is 7.46. The van der Waals surface area contributed by atoms with Gasteiger partial charge in [0.2, 0.25) is 0 Å². The lowest BCUT2D eigenvalue weighted by molar-refractivity contribution is 0.0934. The smallest absolute Gasteiger partial charge is 0.272 e. The standard InChI is InChI=1S/C18H20ClN3OS/c1-11(13-8-7-12-5-3-4-6-14(12)9-13)21-17(23)16-15(19)10-20-18(22-16)24-2/h7-11H,3-6H2,1-2H3,(H,21,23). The summed E-state index contributed by atoms with van der Waals surface area (Å²) in [6.45, 7) is 1.98. The predicted octanol–water partition coefficient (Wildman–Crippen LogP) is 4.22. The van der Waals surface area contributed by atoms with Crippen molar-refractivity contribution in [2.75, 3.05) is 6.26 Å². The van der Waals surface area contributed by atoms with Crippen LogP contribution < -0.4 is 5.32 Å². The number of halogens is 1. The van der Waals surface area contributed by atoms with Crippen molar-refractivity contribution in [2.24, 2.45) is 0 Å². The second kappa shape index (κ2) is 7.53. The van der Waals surface area contributed by atoms with Crippen molar-refractivity contribution < 1.29 is 4.79 Å². The Morgan fingerprint density at radius 2 is 2.04 bits per heavy atom. The Morgan fingerprint density at radius 1 is 1.29 bits per heavy atom. The molecule has 0 bridgehead atoms. The fourth-order valence-electron chi connectivity index (χ4n) is 2.98. The molecule has 4 nitrogen and oxygen atoms in total. The predicted molar refractivity (Wildman–Crippen MR) is 97.8 cm³/mol. The van der Waals surface area contributed by atoms with Gasteiger partial charge in [-0.1, -0.05) is 41.6 Å². The Kier molecular flexibility index (Phi) is 5.41. The van der Waals surface area contributed by atoms with Crippen molar-refractivity contribution >= 4 is 29.3 Å². The Morgan fingerprint density at radius 3 is 2.79 bits per heavy atom. The Labute approximate surface area is 151 Å². The largest absolute Gasteiger partial charge is 0.344 e. The monoisotopic (exact) mass is 361 g/mol. The van der Waals surface area contributed by atoms with Crippen LogP contribution in [0.4, 0.5) is 0 Å². The zero-order valence-corrected chi connectivity index (χ0v) is 15.4. The summed E-state index contributed by atoms with van der Waals surface area (Å²) in [5.41, 5.74) is 4.18. The highest BCUT2D eigenvalue weighted by molar-refractivity contribution is 7.98. The van der Waals surface area contributed by atoms with Crippen LogP contribution in [-0.4, -0.2) is 22.1 Å². The maximum Gasteiger partial charge on any atom is 0.272 e. The highest BCUT2D eigenvalue weighted by atomic mass is 35.5. The molecule has 1 unspecified atom stereocenters. The average Bonchev–Trinajstić information content (AvgIpc) is 2.61. The first-order valence-electron chi connectivity index (χ1n) is 8.07. The summed E-state index contributed by atoms with van der Waals surface area (Å²) in [7, 11) is 0. The van der Waals surface area contributed by atoms with Gasteiger partial charge in [0.1, 0.15) is 0 Å². The van der Waals surface area contributed by atoms with Gasteiger partial charge < -0.3 is 5.32 Å². The van der Waals surface area contributed by atoms with Gasteiger partial charge >= 0.3 is 0 Å². The van der Waals surface area contributed by atoms with Gasteiger partial charge in [0.05, 0.1) is 17.3 Å². The van der Waals surface area contributed by atoms with E-state index in [1.165, 1.54) is 41.9 Å². The number of aryl methyl sites for hydroxylation is 2. The molecule has 1 N–H and O–H groups in total. The maximum atomic E-state index is 12.5. The van der Waals surface area contributed by atoms with Crippen molar-refractivity contribution in [2.45, 2.75) is 43.8 Å². The molecule has 3 rings (SSSR count). The van der Waals surface area contributed by atoms with Gasteiger partial charge in [-0.25, -0.2) is 9.97 Å². The van der Waals surface area contributed by atoms with Crippen LogP contribution in [0.15, 0.2) is 29.6 Å². The number of amides is 1. The normalized spacial score (nSPS) is 14.8. The average molecular weight is 362 g/mol. The Bertz CT molecular complexity index is 766. The minimum absolute atomic E-state index is 0.103. The molecule has 126 valence electrons. The SMILES string of the molecule is CSc1ncc(Cl)c(C(=O)NC(C)c2ccc3c(c2)CCCC3)n1. The first-order valence-corrected chi connectivity index (χ1v) is 9.68. The number of hydrogen-bond donors (Lipinski definition) is 1. The Hall–Kier alpha value is -1.59. The fourth-order valence-corrected chi connectivity index (χ4v) is 3.50. The first-order chi connectivity index (χ1) is 11.6. The molecular weight excluding hydrogens is 342 g/mol. The van der Waals surface area contributed by atoms with E-state index >= 15 is 0 Å². The van der Waals surface area contributed by atoms with E-state index in [9.17, 15) is 4.79 Å². The van der Waals surface area contributed by atoms with Crippen LogP contribution >= 0.6 is 23.4 Å². The molecule has 6 heteroatoms. The minimum Gasteiger partial charge on any atom is -0.344 e. The van der Waals surface area contributed by atoms with Gasteiger partial charge in [-0.05, 0) is 55.6 Å². The summed E-state index contributed by atoms with van der Waals surface area (Å²) < 4.78 is 0. The lowest BCUT2D eigenvalue weighted by Gasteiger charge is -2.20. The number of thioether (sulfide) groups is 1. The molecule has 1 heterocycles. The molecule has 0 saturated carbocycles. The van der Waals surface area contributed by atoms with Crippen molar-refractivity contribution in [1.82, 2.24) is 15.3 Å². The molecule has 0 fully saturated rings. The molecule has 1 aliphatic carbocycles. The molecule has 1 aliphatic rings. The molecule has 1 aromatic heterocycles. The highest BCUT2D eigenvalue weighted by Crippen LogP contribution is 2.25. The minimum atomic E-state index is -0.275. The van der Waals surface area contributed by atoms with Crippen LogP contribution in [0.25, 0.3) is 0 Å². The Balaban J connectivity index is 1.77. The van der Waals surface area contributed by atoms with E-state index in [-0.39, 0.29) is 22.7 Å². The molecular formula is C18H20ClN3OS. The quantitative estimate of drug-likeness (QED) is 0.654. The third-order valence-electron chi connectivity index (χ3n) is 4.34. The number of nitrogens with zero attached hydrogens (tertiary/aromatic N) is 2. The summed E-state index contributed by atoms with van der Waals surface area (Å²) in [6.07, 6.45) is 8.12. The second-order valence-corrected chi connectivity index (χ2v) is 7.16. The van der Waals surface area contributed by atoms with Crippen molar-refractivity contribution in [1.29, 1.82) is 0 Å². The summed E-state index contributed by atoms with van der Waals surface area (Å²) in [5, 5.41) is 3.79. The molecule has 0 spiro atoms. The summed E-state index contributed by atoms with van der Waals surface area (Å²) in [4.78, 5) is 20.8. The van der Waals surface area contributed by atoms with E-state index in [1.807, 2.05) is 13.2 Å². The van der Waals surface area contributed by atoms with E-state index in [1.54, 1.807) is 0 Å². The van der Waals surface area contributed by atoms with E-state index in [0.717, 1.165) is 18.4 Å². The van der Waals surface area contributed by atoms with E-state index in [0.29, 0.717) is 5.16 Å². The molecule has 0 saturated heterocycles. The molecule has 2 aromatic rings. The fraction of sp³-hybridized carbons (Fsp3) is 0.389. The van der Waals surface area contributed by atoms with Gasteiger partial charge in [0.15, 0.2) is 10.9 Å². The number of hydrogen-bond acceptors (Lipinski definition) is 4. The molecule has 1 aromatic carbocycles. The molecule has 1 amide bonds. The van der Waals surface area contributed by atoms with E-state index < -0.39 is 0 Å². The van der Waals surface area contributed by atoms with Gasteiger partial charge in [0, 0.05) is 0 Å². The molecule has 0 aliphatic heterocycles.